The van der Waals surface area contributed by atoms with E-state index in [1.165, 1.54) is 0 Å². The Hall–Kier alpha value is -1.60. The molecule has 3 N–H and O–H groups in total. The first-order valence-corrected chi connectivity index (χ1v) is 4.70. The van der Waals surface area contributed by atoms with Gasteiger partial charge in [-0.3, -0.25) is 10.2 Å². The van der Waals surface area contributed by atoms with Crippen LogP contribution >= 0.6 is 0 Å². The lowest BCUT2D eigenvalue weighted by Crippen LogP contribution is -2.32. The molecule has 0 saturated heterocycles. The topological polar surface area (TPSA) is 73.2 Å². The van der Waals surface area contributed by atoms with Gasteiger partial charge in [0.25, 0.3) is 12.3 Å². The predicted octanol–water partition coefficient (Wildman–Crippen LogP) is 1.63. The third kappa shape index (κ3) is 2.95. The minimum absolute atomic E-state index is 0.363. The zero-order valence-corrected chi connectivity index (χ0v) is 8.57. The molecule has 0 spiro atoms. The molecule has 17 heavy (non-hydrogen) atoms. The highest BCUT2D eigenvalue weighted by atomic mass is 19.3. The van der Waals surface area contributed by atoms with Crippen molar-refractivity contribution in [1.29, 1.82) is 5.41 Å². The molecular weight excluding hydrogens is 244 g/mol. The average Bonchev–Trinajstić information content (AvgIpc) is 2.49. The molecule has 0 radical (unpaired) electrons. The zero-order chi connectivity index (χ0) is 13.2. The molecule has 0 aliphatic heterocycles. The summed E-state index contributed by atoms with van der Waals surface area (Å²) in [6.45, 7) is -0.801. The summed E-state index contributed by atoms with van der Waals surface area (Å²) in [5, 5.41) is 17.3. The Morgan fingerprint density at radius 1 is 1.53 bits per heavy atom. The largest absolute Gasteiger partial charge is 0.480 e. The molecule has 0 atom stereocenters. The zero-order valence-electron chi connectivity index (χ0n) is 8.57. The minimum atomic E-state index is -3.38. The Balaban J connectivity index is 2.97. The van der Waals surface area contributed by atoms with Crippen molar-refractivity contribution in [3.05, 3.63) is 11.3 Å². The quantitative estimate of drug-likeness (QED) is 0.515. The van der Waals surface area contributed by atoms with Gasteiger partial charge in [-0.2, -0.15) is 8.78 Å². The summed E-state index contributed by atoms with van der Waals surface area (Å²) in [6.07, 6.45) is -4.21. The Kier molecular flexibility index (Phi) is 3.74. The number of alkyl halides is 4. The number of nitrogens with one attached hydrogen (secondary N) is 2. The lowest BCUT2D eigenvalue weighted by Gasteiger charge is -2.16. The van der Waals surface area contributed by atoms with Gasteiger partial charge < -0.3 is 10.4 Å². The normalized spacial score (nSPS) is 18.6. The molecule has 0 saturated carbocycles. The molecular formula is C9H10F4N2O2. The lowest BCUT2D eigenvalue weighted by atomic mass is 10.1. The van der Waals surface area contributed by atoms with Crippen molar-refractivity contribution >= 4 is 11.7 Å². The fraction of sp³-hybridized carbons (Fsp3) is 0.556. The third-order valence-corrected chi connectivity index (χ3v) is 2.32. The van der Waals surface area contributed by atoms with E-state index in [4.69, 9.17) is 10.5 Å². The van der Waals surface area contributed by atoms with E-state index >= 15 is 0 Å². The van der Waals surface area contributed by atoms with Crippen LogP contribution in [0.1, 0.15) is 12.8 Å². The molecule has 8 heteroatoms. The van der Waals surface area contributed by atoms with Gasteiger partial charge in [-0.15, -0.1) is 0 Å². The average molecular weight is 254 g/mol. The van der Waals surface area contributed by atoms with Gasteiger partial charge in [-0.05, 0) is 6.42 Å². The van der Waals surface area contributed by atoms with Crippen molar-refractivity contribution in [3.8, 4) is 0 Å². The van der Waals surface area contributed by atoms with Crippen LogP contribution in [0.3, 0.4) is 0 Å². The molecule has 0 bridgehead atoms. The van der Waals surface area contributed by atoms with Gasteiger partial charge in [-0.25, -0.2) is 8.78 Å². The highest BCUT2D eigenvalue weighted by Gasteiger charge is 2.44. The maximum Gasteiger partial charge on any atom is 0.322 e. The molecule has 0 aromatic rings. The number of carbonyl (C=O) groups is 1. The van der Waals surface area contributed by atoms with Gasteiger partial charge in [-0.1, -0.05) is 0 Å². The van der Waals surface area contributed by atoms with Gasteiger partial charge >= 0.3 is 5.97 Å². The first kappa shape index (κ1) is 13.5. The molecule has 0 unspecified atom stereocenters. The van der Waals surface area contributed by atoms with Crippen LogP contribution in [0.2, 0.25) is 0 Å². The van der Waals surface area contributed by atoms with E-state index in [0.29, 0.717) is 0 Å². The van der Waals surface area contributed by atoms with Crippen molar-refractivity contribution in [2.75, 3.05) is 6.54 Å². The highest BCUT2D eigenvalue weighted by molar-refractivity contribution is 6.01. The lowest BCUT2D eigenvalue weighted by molar-refractivity contribution is -0.135. The minimum Gasteiger partial charge on any atom is -0.480 e. The second-order valence-electron chi connectivity index (χ2n) is 3.52. The smallest absolute Gasteiger partial charge is 0.322 e. The van der Waals surface area contributed by atoms with Crippen LogP contribution in [0.15, 0.2) is 11.3 Å². The molecule has 1 rings (SSSR count). The van der Waals surface area contributed by atoms with Crippen LogP contribution in [-0.4, -0.2) is 35.7 Å². The molecule has 0 amide bonds. The molecule has 1 aliphatic carbocycles. The molecule has 1 aliphatic rings. The van der Waals surface area contributed by atoms with Crippen LogP contribution in [0.4, 0.5) is 17.6 Å². The first-order chi connectivity index (χ1) is 7.75. The second-order valence-corrected chi connectivity index (χ2v) is 3.52. The fourth-order valence-electron chi connectivity index (χ4n) is 1.55. The maximum absolute atomic E-state index is 13.3. The molecule has 4 nitrogen and oxygen atoms in total. The van der Waals surface area contributed by atoms with Crippen LogP contribution in [0, 0.1) is 5.41 Å². The molecule has 0 aromatic heterocycles. The van der Waals surface area contributed by atoms with Crippen molar-refractivity contribution in [2.45, 2.75) is 25.2 Å². The van der Waals surface area contributed by atoms with Crippen LogP contribution in [-0.2, 0) is 4.79 Å². The third-order valence-electron chi connectivity index (χ3n) is 2.32. The maximum atomic E-state index is 13.3. The summed E-state index contributed by atoms with van der Waals surface area (Å²) in [4.78, 5) is 10.2. The van der Waals surface area contributed by atoms with E-state index < -0.39 is 48.3 Å². The monoisotopic (exact) mass is 254 g/mol. The summed E-state index contributed by atoms with van der Waals surface area (Å²) < 4.78 is 51.1. The number of aliphatic carboxylic acids is 1. The number of carboxylic acid groups (broad SMARTS) is 1. The molecule has 96 valence electrons. The summed E-state index contributed by atoms with van der Waals surface area (Å²) >= 11 is 0. The second kappa shape index (κ2) is 4.72. The Labute approximate surface area is 93.8 Å². The highest BCUT2D eigenvalue weighted by Crippen LogP contribution is 2.39. The number of carboxylic acids is 1. The van der Waals surface area contributed by atoms with Crippen molar-refractivity contribution < 1.29 is 27.5 Å². The van der Waals surface area contributed by atoms with E-state index in [9.17, 15) is 22.4 Å². The van der Waals surface area contributed by atoms with Crippen molar-refractivity contribution in [1.82, 2.24) is 5.32 Å². The Morgan fingerprint density at radius 2 is 2.12 bits per heavy atom. The Morgan fingerprint density at radius 3 is 2.59 bits per heavy atom. The van der Waals surface area contributed by atoms with Crippen LogP contribution in [0.25, 0.3) is 0 Å². The standard InChI is InChI=1S/C9H10F4N2O2/c10-8(11)6(14)4-1-2-9(12,13)7(4)15-3-5(16)17/h8,14-15H,1-3H2,(H,16,17). The number of hydrogen-bond acceptors (Lipinski definition) is 3. The summed E-state index contributed by atoms with van der Waals surface area (Å²) in [5.41, 5.74) is -2.55. The number of hydrogen-bond donors (Lipinski definition) is 3. The molecule has 0 aromatic carbocycles. The van der Waals surface area contributed by atoms with E-state index in [2.05, 4.69) is 0 Å². The van der Waals surface area contributed by atoms with E-state index in [0.717, 1.165) is 0 Å². The van der Waals surface area contributed by atoms with Gasteiger partial charge in [0.15, 0.2) is 0 Å². The van der Waals surface area contributed by atoms with E-state index in [-0.39, 0.29) is 6.42 Å². The van der Waals surface area contributed by atoms with Gasteiger partial charge in [0.05, 0.1) is 5.70 Å². The van der Waals surface area contributed by atoms with Gasteiger partial charge in [0, 0.05) is 12.0 Å². The summed E-state index contributed by atoms with van der Waals surface area (Å²) in [7, 11) is 0. The summed E-state index contributed by atoms with van der Waals surface area (Å²) in [5.74, 6) is -4.77. The fourth-order valence-corrected chi connectivity index (χ4v) is 1.55. The molecule has 0 heterocycles. The van der Waals surface area contributed by atoms with E-state index in [1.54, 1.807) is 0 Å². The van der Waals surface area contributed by atoms with E-state index in [1.807, 2.05) is 5.32 Å². The van der Waals surface area contributed by atoms with Crippen LogP contribution in [0.5, 0.6) is 0 Å². The first-order valence-electron chi connectivity index (χ1n) is 4.70. The van der Waals surface area contributed by atoms with Crippen LogP contribution < -0.4 is 5.32 Å². The predicted molar refractivity (Wildman–Crippen MR) is 50.6 cm³/mol. The SMILES string of the molecule is N=C(C1=C(NCC(=O)O)C(F)(F)CC1)C(F)F. The van der Waals surface area contributed by atoms with Gasteiger partial charge in [0.2, 0.25) is 0 Å². The number of allylic oxidation sites excluding steroid dienone is 2. The molecule has 0 fully saturated rings. The Bertz CT molecular complexity index is 379. The number of rotatable bonds is 5. The summed E-state index contributed by atoms with van der Waals surface area (Å²) in [6, 6.07) is 0. The van der Waals surface area contributed by atoms with Gasteiger partial charge in [0.1, 0.15) is 12.3 Å². The number of halogens is 4. The van der Waals surface area contributed by atoms with Crippen molar-refractivity contribution in [3.63, 3.8) is 0 Å². The van der Waals surface area contributed by atoms with Crippen molar-refractivity contribution in [2.24, 2.45) is 0 Å².